The molecule has 2 nitrogen and oxygen atoms in total. The van der Waals surface area contributed by atoms with Gasteiger partial charge in [-0.25, -0.2) is 0 Å². The highest BCUT2D eigenvalue weighted by atomic mass is 16.3. The molecule has 0 aromatic heterocycles. The van der Waals surface area contributed by atoms with E-state index >= 15 is 0 Å². The molecular formula is C7H13NO. The van der Waals surface area contributed by atoms with E-state index in [1.807, 2.05) is 0 Å². The molecule has 0 bridgehead atoms. The number of hydrogen-bond acceptors (Lipinski definition) is 2. The van der Waals surface area contributed by atoms with E-state index in [1.165, 1.54) is 6.54 Å². The fourth-order valence-corrected chi connectivity index (χ4v) is 2.09. The van der Waals surface area contributed by atoms with Gasteiger partial charge in [0.2, 0.25) is 0 Å². The SMILES string of the molecule is CN1CC2C[C@H](O)C2C1. The van der Waals surface area contributed by atoms with Crippen molar-refractivity contribution in [2.45, 2.75) is 12.5 Å². The van der Waals surface area contributed by atoms with Crippen LogP contribution in [0.2, 0.25) is 0 Å². The van der Waals surface area contributed by atoms with Crippen LogP contribution in [0.3, 0.4) is 0 Å². The van der Waals surface area contributed by atoms with Crippen LogP contribution in [0.15, 0.2) is 0 Å². The molecule has 0 spiro atoms. The van der Waals surface area contributed by atoms with Crippen LogP contribution in [-0.4, -0.2) is 36.2 Å². The van der Waals surface area contributed by atoms with Crippen LogP contribution in [0.1, 0.15) is 6.42 Å². The van der Waals surface area contributed by atoms with Gasteiger partial charge in [0.25, 0.3) is 0 Å². The summed E-state index contributed by atoms with van der Waals surface area (Å²) in [5.74, 6) is 1.44. The molecule has 2 fully saturated rings. The highest BCUT2D eigenvalue weighted by Crippen LogP contribution is 2.39. The number of hydrogen-bond donors (Lipinski definition) is 1. The molecule has 2 rings (SSSR count). The maximum absolute atomic E-state index is 9.21. The molecule has 1 heterocycles. The largest absolute Gasteiger partial charge is 0.393 e. The van der Waals surface area contributed by atoms with E-state index in [9.17, 15) is 5.11 Å². The zero-order chi connectivity index (χ0) is 6.43. The average Bonchev–Trinajstić information content (AvgIpc) is 2.08. The van der Waals surface area contributed by atoms with Gasteiger partial charge in [-0.15, -0.1) is 0 Å². The lowest BCUT2D eigenvalue weighted by molar-refractivity contribution is -0.00427. The van der Waals surface area contributed by atoms with E-state index in [1.54, 1.807) is 0 Å². The fourth-order valence-electron chi connectivity index (χ4n) is 2.09. The molecule has 1 aliphatic heterocycles. The lowest BCUT2D eigenvalue weighted by atomic mass is 9.74. The Hall–Kier alpha value is -0.0800. The lowest BCUT2D eigenvalue weighted by Gasteiger charge is -2.35. The zero-order valence-corrected chi connectivity index (χ0v) is 5.75. The summed E-state index contributed by atoms with van der Waals surface area (Å²) in [6.45, 7) is 2.33. The second-order valence-electron chi connectivity index (χ2n) is 3.45. The van der Waals surface area contributed by atoms with E-state index in [0.717, 1.165) is 18.9 Å². The number of aliphatic hydroxyl groups is 1. The molecule has 0 aromatic carbocycles. The minimum Gasteiger partial charge on any atom is -0.393 e. The van der Waals surface area contributed by atoms with Crippen molar-refractivity contribution < 1.29 is 5.11 Å². The van der Waals surface area contributed by atoms with Crippen LogP contribution in [0.4, 0.5) is 0 Å². The van der Waals surface area contributed by atoms with E-state index in [0.29, 0.717) is 5.92 Å². The molecule has 2 heteroatoms. The van der Waals surface area contributed by atoms with Gasteiger partial charge in [0.1, 0.15) is 0 Å². The van der Waals surface area contributed by atoms with Crippen molar-refractivity contribution in [2.24, 2.45) is 11.8 Å². The molecule has 1 aliphatic carbocycles. The minimum absolute atomic E-state index is 0.0277. The third kappa shape index (κ3) is 0.700. The number of fused-ring (bicyclic) bond motifs is 1. The molecule has 1 N–H and O–H groups in total. The molecule has 0 aromatic rings. The Bertz CT molecular complexity index is 126. The van der Waals surface area contributed by atoms with E-state index in [4.69, 9.17) is 0 Å². The Kier molecular flexibility index (Phi) is 1.08. The van der Waals surface area contributed by atoms with Gasteiger partial charge in [0, 0.05) is 19.0 Å². The predicted molar refractivity (Wildman–Crippen MR) is 35.1 cm³/mol. The Morgan fingerprint density at radius 2 is 2.22 bits per heavy atom. The van der Waals surface area contributed by atoms with Crippen LogP contribution in [-0.2, 0) is 0 Å². The third-order valence-electron chi connectivity index (χ3n) is 2.71. The monoisotopic (exact) mass is 127 g/mol. The summed E-state index contributed by atoms with van der Waals surface area (Å²) >= 11 is 0. The Balaban J connectivity index is 2.00. The van der Waals surface area contributed by atoms with Crippen molar-refractivity contribution in [3.05, 3.63) is 0 Å². The van der Waals surface area contributed by atoms with Gasteiger partial charge >= 0.3 is 0 Å². The summed E-state index contributed by atoms with van der Waals surface area (Å²) in [5, 5.41) is 9.21. The molecular weight excluding hydrogens is 114 g/mol. The van der Waals surface area contributed by atoms with Crippen molar-refractivity contribution in [1.82, 2.24) is 4.90 Å². The number of likely N-dealkylation sites (tertiary alicyclic amines) is 1. The maximum Gasteiger partial charge on any atom is 0.0587 e. The first-order chi connectivity index (χ1) is 4.27. The van der Waals surface area contributed by atoms with Gasteiger partial charge < -0.3 is 10.0 Å². The molecule has 0 amide bonds. The molecule has 9 heavy (non-hydrogen) atoms. The quantitative estimate of drug-likeness (QED) is 0.492. The molecule has 52 valence electrons. The summed E-state index contributed by atoms with van der Waals surface area (Å²) in [6.07, 6.45) is 1.08. The van der Waals surface area contributed by atoms with Crippen LogP contribution >= 0.6 is 0 Å². The van der Waals surface area contributed by atoms with E-state index in [2.05, 4.69) is 11.9 Å². The summed E-state index contributed by atoms with van der Waals surface area (Å²) in [7, 11) is 2.13. The lowest BCUT2D eigenvalue weighted by Crippen LogP contribution is -2.39. The third-order valence-corrected chi connectivity index (χ3v) is 2.71. The number of aliphatic hydroxyl groups excluding tert-OH is 1. The van der Waals surface area contributed by atoms with E-state index in [-0.39, 0.29) is 6.10 Å². The molecule has 1 saturated heterocycles. The van der Waals surface area contributed by atoms with Gasteiger partial charge in [-0.1, -0.05) is 0 Å². The Labute approximate surface area is 55.5 Å². The summed E-state index contributed by atoms with van der Waals surface area (Å²) in [6, 6.07) is 0. The maximum atomic E-state index is 9.21. The summed E-state index contributed by atoms with van der Waals surface area (Å²) < 4.78 is 0. The van der Waals surface area contributed by atoms with Gasteiger partial charge in [-0.05, 0) is 19.4 Å². The molecule has 1 saturated carbocycles. The van der Waals surface area contributed by atoms with E-state index < -0.39 is 0 Å². The van der Waals surface area contributed by atoms with Crippen LogP contribution in [0.25, 0.3) is 0 Å². The van der Waals surface area contributed by atoms with Crippen LogP contribution in [0, 0.1) is 11.8 Å². The molecule has 0 radical (unpaired) electrons. The number of rotatable bonds is 0. The highest BCUT2D eigenvalue weighted by molar-refractivity contribution is 4.96. The first-order valence-corrected chi connectivity index (χ1v) is 3.64. The van der Waals surface area contributed by atoms with Crippen LogP contribution < -0.4 is 0 Å². The number of nitrogens with zero attached hydrogens (tertiary/aromatic N) is 1. The summed E-state index contributed by atoms with van der Waals surface area (Å²) in [4.78, 5) is 2.31. The predicted octanol–water partition coefficient (Wildman–Crippen LogP) is -0.0712. The second kappa shape index (κ2) is 1.70. The molecule has 2 unspecified atom stereocenters. The van der Waals surface area contributed by atoms with Crippen molar-refractivity contribution in [1.29, 1.82) is 0 Å². The van der Waals surface area contributed by atoms with Gasteiger partial charge in [-0.2, -0.15) is 0 Å². The standard InChI is InChI=1S/C7H13NO/c1-8-3-5-2-7(9)6(5)4-8/h5-7,9H,2-4H2,1H3/t5?,6?,7-/m0/s1. The first-order valence-electron chi connectivity index (χ1n) is 3.64. The van der Waals surface area contributed by atoms with Crippen molar-refractivity contribution >= 4 is 0 Å². The van der Waals surface area contributed by atoms with Crippen molar-refractivity contribution in [2.75, 3.05) is 20.1 Å². The zero-order valence-electron chi connectivity index (χ0n) is 5.75. The fraction of sp³-hybridized carbons (Fsp3) is 1.00. The molecule has 3 atom stereocenters. The van der Waals surface area contributed by atoms with Crippen molar-refractivity contribution in [3.8, 4) is 0 Å². The normalized spacial score (nSPS) is 50.7. The minimum atomic E-state index is 0.0277. The van der Waals surface area contributed by atoms with Crippen molar-refractivity contribution in [3.63, 3.8) is 0 Å². The second-order valence-corrected chi connectivity index (χ2v) is 3.45. The topological polar surface area (TPSA) is 23.5 Å². The molecule has 2 aliphatic rings. The van der Waals surface area contributed by atoms with Gasteiger partial charge in [-0.3, -0.25) is 0 Å². The Morgan fingerprint density at radius 3 is 2.67 bits per heavy atom. The summed E-state index contributed by atoms with van der Waals surface area (Å²) in [5.41, 5.74) is 0. The van der Waals surface area contributed by atoms with Gasteiger partial charge in [0.15, 0.2) is 0 Å². The first kappa shape index (κ1) is 5.69. The highest BCUT2D eigenvalue weighted by Gasteiger charge is 2.44. The van der Waals surface area contributed by atoms with Gasteiger partial charge in [0.05, 0.1) is 6.10 Å². The van der Waals surface area contributed by atoms with Crippen LogP contribution in [0.5, 0.6) is 0 Å². The Morgan fingerprint density at radius 1 is 1.44 bits per heavy atom. The average molecular weight is 127 g/mol. The smallest absolute Gasteiger partial charge is 0.0587 e.